The highest BCUT2D eigenvalue weighted by Crippen LogP contribution is 2.38. The van der Waals surface area contributed by atoms with Gasteiger partial charge in [0.25, 0.3) is 5.91 Å². The molecule has 114 valence electrons. The third-order valence-corrected chi connectivity index (χ3v) is 5.10. The molecule has 0 atom stereocenters. The van der Waals surface area contributed by atoms with Gasteiger partial charge in [0.2, 0.25) is 0 Å². The van der Waals surface area contributed by atoms with E-state index >= 15 is 0 Å². The molecule has 4 nitrogen and oxygen atoms in total. The SMILES string of the molecule is CC1CCC(CNC(=O)c2ccc(I)cc2)(C(=O)O)CC1. The molecular weight excluding hydrogens is 381 g/mol. The zero-order valence-electron chi connectivity index (χ0n) is 12.1. The molecule has 1 saturated carbocycles. The van der Waals surface area contributed by atoms with Crippen LogP contribution in [0.3, 0.4) is 0 Å². The molecule has 5 heteroatoms. The molecule has 1 aliphatic carbocycles. The van der Waals surface area contributed by atoms with Crippen LogP contribution in [-0.2, 0) is 4.79 Å². The molecule has 0 spiro atoms. The molecule has 0 aliphatic heterocycles. The van der Waals surface area contributed by atoms with Gasteiger partial charge < -0.3 is 10.4 Å². The van der Waals surface area contributed by atoms with Crippen molar-refractivity contribution in [2.24, 2.45) is 11.3 Å². The Labute approximate surface area is 138 Å². The summed E-state index contributed by atoms with van der Waals surface area (Å²) in [5, 5.41) is 12.3. The third-order valence-electron chi connectivity index (χ3n) is 4.38. The van der Waals surface area contributed by atoms with Crippen LogP contribution in [0.1, 0.15) is 43.0 Å². The van der Waals surface area contributed by atoms with Crippen molar-refractivity contribution in [1.29, 1.82) is 0 Å². The number of carboxylic acid groups (broad SMARTS) is 1. The predicted octanol–water partition coefficient (Wildman–Crippen LogP) is 3.30. The molecule has 0 radical (unpaired) electrons. The minimum Gasteiger partial charge on any atom is -0.481 e. The van der Waals surface area contributed by atoms with E-state index in [2.05, 4.69) is 34.8 Å². The fraction of sp³-hybridized carbons (Fsp3) is 0.500. The van der Waals surface area contributed by atoms with Gasteiger partial charge in [0, 0.05) is 15.7 Å². The van der Waals surface area contributed by atoms with Crippen molar-refractivity contribution >= 4 is 34.5 Å². The Kier molecular flexibility index (Phi) is 5.24. The average Bonchev–Trinajstić information content (AvgIpc) is 2.47. The number of aliphatic carboxylic acids is 1. The van der Waals surface area contributed by atoms with Crippen molar-refractivity contribution in [3.63, 3.8) is 0 Å². The number of amides is 1. The van der Waals surface area contributed by atoms with Gasteiger partial charge in [-0.3, -0.25) is 9.59 Å². The van der Waals surface area contributed by atoms with Crippen LogP contribution in [0.2, 0.25) is 0 Å². The van der Waals surface area contributed by atoms with E-state index in [1.807, 2.05) is 12.1 Å². The Balaban J connectivity index is 2.00. The minimum absolute atomic E-state index is 0.203. The molecule has 0 unspecified atom stereocenters. The van der Waals surface area contributed by atoms with Crippen LogP contribution in [0.15, 0.2) is 24.3 Å². The van der Waals surface area contributed by atoms with E-state index in [9.17, 15) is 14.7 Å². The first-order valence-electron chi connectivity index (χ1n) is 7.20. The largest absolute Gasteiger partial charge is 0.481 e. The molecule has 1 amide bonds. The number of benzene rings is 1. The highest BCUT2D eigenvalue weighted by molar-refractivity contribution is 14.1. The smallest absolute Gasteiger partial charge is 0.311 e. The number of carboxylic acids is 1. The van der Waals surface area contributed by atoms with Gasteiger partial charge in [-0.15, -0.1) is 0 Å². The fourth-order valence-electron chi connectivity index (χ4n) is 2.73. The number of nitrogens with one attached hydrogen (secondary N) is 1. The number of hydrogen-bond donors (Lipinski definition) is 2. The molecule has 21 heavy (non-hydrogen) atoms. The molecule has 1 aromatic rings. The second kappa shape index (κ2) is 6.77. The first-order chi connectivity index (χ1) is 9.93. The summed E-state index contributed by atoms with van der Waals surface area (Å²) in [5.74, 6) is -0.424. The van der Waals surface area contributed by atoms with Gasteiger partial charge in [0.15, 0.2) is 0 Å². The summed E-state index contributed by atoms with van der Waals surface area (Å²) in [6, 6.07) is 7.25. The van der Waals surface area contributed by atoms with Gasteiger partial charge in [0.05, 0.1) is 5.41 Å². The predicted molar refractivity (Wildman–Crippen MR) is 89.2 cm³/mol. The highest BCUT2D eigenvalue weighted by Gasteiger charge is 2.41. The maximum atomic E-state index is 12.1. The Bertz CT molecular complexity index is 519. The number of carbonyl (C=O) groups is 2. The van der Waals surface area contributed by atoms with Crippen LogP contribution in [0.4, 0.5) is 0 Å². The number of halogens is 1. The molecular formula is C16H20INO3. The number of hydrogen-bond acceptors (Lipinski definition) is 2. The molecule has 1 fully saturated rings. The molecule has 0 bridgehead atoms. The highest BCUT2D eigenvalue weighted by atomic mass is 127. The second-order valence-electron chi connectivity index (χ2n) is 5.96. The van der Waals surface area contributed by atoms with E-state index in [1.165, 1.54) is 0 Å². The summed E-state index contributed by atoms with van der Waals surface area (Å²) >= 11 is 2.18. The second-order valence-corrected chi connectivity index (χ2v) is 7.20. The summed E-state index contributed by atoms with van der Waals surface area (Å²) in [6.07, 6.45) is 3.09. The van der Waals surface area contributed by atoms with Crippen molar-refractivity contribution in [2.45, 2.75) is 32.6 Å². The lowest BCUT2D eigenvalue weighted by molar-refractivity contribution is -0.151. The Hall–Kier alpha value is -1.11. The average molecular weight is 401 g/mol. The van der Waals surface area contributed by atoms with Gasteiger partial charge in [-0.05, 0) is 78.5 Å². The normalized spacial score (nSPS) is 25.3. The van der Waals surface area contributed by atoms with Crippen molar-refractivity contribution in [1.82, 2.24) is 5.32 Å². The topological polar surface area (TPSA) is 66.4 Å². The quantitative estimate of drug-likeness (QED) is 0.761. The Morgan fingerprint density at radius 2 is 1.86 bits per heavy atom. The summed E-state index contributed by atoms with van der Waals surface area (Å²) in [7, 11) is 0. The molecule has 0 saturated heterocycles. The first-order valence-corrected chi connectivity index (χ1v) is 8.28. The van der Waals surface area contributed by atoms with E-state index in [0.717, 1.165) is 16.4 Å². The summed E-state index contributed by atoms with van der Waals surface area (Å²) < 4.78 is 1.06. The van der Waals surface area contributed by atoms with Crippen molar-refractivity contribution in [3.05, 3.63) is 33.4 Å². The molecule has 0 aromatic heterocycles. The van der Waals surface area contributed by atoms with E-state index in [0.29, 0.717) is 24.3 Å². The van der Waals surface area contributed by atoms with Crippen LogP contribution in [0.25, 0.3) is 0 Å². The lowest BCUT2D eigenvalue weighted by Gasteiger charge is -2.35. The van der Waals surface area contributed by atoms with E-state index < -0.39 is 11.4 Å². The molecule has 2 N–H and O–H groups in total. The first kappa shape index (κ1) is 16.3. The van der Waals surface area contributed by atoms with Gasteiger partial charge in [0.1, 0.15) is 0 Å². The maximum Gasteiger partial charge on any atom is 0.311 e. The summed E-state index contributed by atoms with van der Waals surface area (Å²) in [4.78, 5) is 23.7. The van der Waals surface area contributed by atoms with E-state index in [1.54, 1.807) is 12.1 Å². The van der Waals surface area contributed by atoms with Crippen molar-refractivity contribution < 1.29 is 14.7 Å². The number of rotatable bonds is 4. The standard InChI is InChI=1S/C16H20INO3/c1-11-6-8-16(9-7-11,15(20)21)10-18-14(19)12-2-4-13(17)5-3-12/h2-5,11H,6-10H2,1H3,(H,18,19)(H,20,21). The molecule has 0 heterocycles. The van der Waals surface area contributed by atoms with Gasteiger partial charge in [-0.2, -0.15) is 0 Å². The third kappa shape index (κ3) is 3.96. The van der Waals surface area contributed by atoms with Crippen LogP contribution in [-0.4, -0.2) is 23.5 Å². The Morgan fingerprint density at radius 1 is 1.29 bits per heavy atom. The van der Waals surface area contributed by atoms with Crippen LogP contribution in [0.5, 0.6) is 0 Å². The van der Waals surface area contributed by atoms with Crippen LogP contribution in [0, 0.1) is 14.9 Å². The number of carbonyl (C=O) groups excluding carboxylic acids is 1. The molecule has 1 aliphatic rings. The van der Waals surface area contributed by atoms with Crippen LogP contribution >= 0.6 is 22.6 Å². The monoisotopic (exact) mass is 401 g/mol. The van der Waals surface area contributed by atoms with Crippen LogP contribution < -0.4 is 5.32 Å². The summed E-state index contributed by atoms with van der Waals surface area (Å²) in [5.41, 5.74) is -0.231. The maximum absolute atomic E-state index is 12.1. The lowest BCUT2D eigenvalue weighted by Crippen LogP contribution is -2.45. The zero-order chi connectivity index (χ0) is 15.5. The van der Waals surface area contributed by atoms with Gasteiger partial charge in [-0.1, -0.05) is 6.92 Å². The molecule has 1 aromatic carbocycles. The van der Waals surface area contributed by atoms with Gasteiger partial charge in [-0.25, -0.2) is 0 Å². The van der Waals surface area contributed by atoms with Gasteiger partial charge >= 0.3 is 5.97 Å². The minimum atomic E-state index is -0.800. The summed E-state index contributed by atoms with van der Waals surface area (Å²) in [6.45, 7) is 2.36. The molecule has 2 rings (SSSR count). The van der Waals surface area contributed by atoms with E-state index in [-0.39, 0.29) is 12.5 Å². The lowest BCUT2D eigenvalue weighted by atomic mass is 9.71. The fourth-order valence-corrected chi connectivity index (χ4v) is 3.09. The van der Waals surface area contributed by atoms with Crippen molar-refractivity contribution in [3.8, 4) is 0 Å². The van der Waals surface area contributed by atoms with E-state index in [4.69, 9.17) is 0 Å². The zero-order valence-corrected chi connectivity index (χ0v) is 14.2. The van der Waals surface area contributed by atoms with Crippen molar-refractivity contribution in [2.75, 3.05) is 6.54 Å². The Morgan fingerprint density at radius 3 is 2.38 bits per heavy atom.